The number of nitrogen functional groups attached to an aromatic ring is 1. The van der Waals surface area contributed by atoms with E-state index in [1.807, 2.05) is 0 Å². The second-order valence-electron chi connectivity index (χ2n) is 2.85. The topological polar surface area (TPSA) is 88.6 Å². The smallest absolute Gasteiger partial charge is 0.162 e. The van der Waals surface area contributed by atoms with Gasteiger partial charge in [-0.1, -0.05) is 0 Å². The van der Waals surface area contributed by atoms with Gasteiger partial charge >= 0.3 is 0 Å². The second-order valence-corrected chi connectivity index (χ2v) is 2.85. The molecule has 0 aliphatic heterocycles. The highest BCUT2D eigenvalue weighted by Crippen LogP contribution is 2.27. The summed E-state index contributed by atoms with van der Waals surface area (Å²) < 4.78 is 10.3. The summed E-state index contributed by atoms with van der Waals surface area (Å²) in [6.07, 6.45) is 0. The lowest BCUT2D eigenvalue weighted by atomic mass is 10.2. The molecule has 5 nitrogen and oxygen atoms in total. The van der Waals surface area contributed by atoms with Gasteiger partial charge < -0.3 is 20.3 Å². The Morgan fingerprint density at radius 1 is 1.47 bits per heavy atom. The van der Waals surface area contributed by atoms with Gasteiger partial charge in [0.25, 0.3) is 0 Å². The summed E-state index contributed by atoms with van der Waals surface area (Å²) in [5.74, 6) is 0.985. The van der Waals surface area contributed by atoms with Gasteiger partial charge in [0.2, 0.25) is 0 Å². The first-order chi connectivity index (χ1) is 7.19. The number of amidine groups is 1. The molecule has 0 bridgehead atoms. The molecule has 0 fully saturated rings. The number of rotatable bonds is 5. The lowest BCUT2D eigenvalue weighted by Gasteiger charge is -2.10. The summed E-state index contributed by atoms with van der Waals surface area (Å²) in [4.78, 5) is 0. The van der Waals surface area contributed by atoms with Gasteiger partial charge in [0.15, 0.2) is 11.5 Å². The lowest BCUT2D eigenvalue weighted by molar-refractivity contribution is 0.196. The predicted octanol–water partition coefficient (Wildman–Crippen LogP) is 0.350. The Kier molecular flexibility index (Phi) is 3.93. The number of nitrogens with two attached hydrogens (primary N) is 1. The highest BCUT2D eigenvalue weighted by molar-refractivity contribution is 5.95. The van der Waals surface area contributed by atoms with Gasteiger partial charge in [0.1, 0.15) is 12.4 Å². The SMILES string of the molecule is COc1ccc(C(=N)N)cc1OCCO. The van der Waals surface area contributed by atoms with Crippen LogP contribution in [0.4, 0.5) is 0 Å². The highest BCUT2D eigenvalue weighted by Gasteiger charge is 2.06. The summed E-state index contributed by atoms with van der Waals surface area (Å²) in [7, 11) is 1.52. The maximum absolute atomic E-state index is 8.64. The summed E-state index contributed by atoms with van der Waals surface area (Å²) in [5.41, 5.74) is 5.90. The third-order valence-corrected chi connectivity index (χ3v) is 1.82. The minimum atomic E-state index is -0.0759. The van der Waals surface area contributed by atoms with Crippen LogP contribution in [0.2, 0.25) is 0 Å². The lowest BCUT2D eigenvalue weighted by Crippen LogP contribution is -2.11. The monoisotopic (exact) mass is 210 g/mol. The molecule has 0 spiro atoms. The first-order valence-corrected chi connectivity index (χ1v) is 4.45. The maximum atomic E-state index is 8.64. The third kappa shape index (κ3) is 2.85. The normalized spacial score (nSPS) is 9.73. The van der Waals surface area contributed by atoms with Gasteiger partial charge in [-0.2, -0.15) is 0 Å². The molecule has 82 valence electrons. The van der Waals surface area contributed by atoms with Crippen LogP contribution in [0.3, 0.4) is 0 Å². The van der Waals surface area contributed by atoms with Crippen molar-refractivity contribution in [3.05, 3.63) is 23.8 Å². The second kappa shape index (κ2) is 5.21. The van der Waals surface area contributed by atoms with E-state index in [1.54, 1.807) is 18.2 Å². The summed E-state index contributed by atoms with van der Waals surface area (Å²) in [6.45, 7) is 0.102. The van der Waals surface area contributed by atoms with Gasteiger partial charge in [-0.15, -0.1) is 0 Å². The number of ether oxygens (including phenoxy) is 2. The molecular formula is C10H14N2O3. The van der Waals surface area contributed by atoms with Gasteiger partial charge in [-0.25, -0.2) is 0 Å². The highest BCUT2D eigenvalue weighted by atomic mass is 16.5. The minimum absolute atomic E-state index is 0.0356. The van der Waals surface area contributed by atoms with Gasteiger partial charge in [0, 0.05) is 5.56 Å². The van der Waals surface area contributed by atoms with Crippen LogP contribution >= 0.6 is 0 Å². The van der Waals surface area contributed by atoms with E-state index in [9.17, 15) is 0 Å². The molecule has 0 radical (unpaired) electrons. The number of aliphatic hydroxyl groups excluding tert-OH is 1. The molecule has 0 atom stereocenters. The Morgan fingerprint density at radius 3 is 2.73 bits per heavy atom. The number of methoxy groups -OCH3 is 1. The maximum Gasteiger partial charge on any atom is 0.162 e. The molecule has 1 rings (SSSR count). The summed E-state index contributed by atoms with van der Waals surface area (Å²) in [6, 6.07) is 4.95. The van der Waals surface area contributed by atoms with Crippen molar-refractivity contribution in [2.75, 3.05) is 20.3 Å². The molecule has 0 amide bonds. The van der Waals surface area contributed by atoms with E-state index < -0.39 is 0 Å². The molecule has 0 heterocycles. The van der Waals surface area contributed by atoms with Crippen LogP contribution in [-0.2, 0) is 0 Å². The van der Waals surface area contributed by atoms with Gasteiger partial charge in [-0.3, -0.25) is 5.41 Å². The molecule has 15 heavy (non-hydrogen) atoms. The zero-order valence-electron chi connectivity index (χ0n) is 8.49. The van der Waals surface area contributed by atoms with E-state index in [2.05, 4.69) is 0 Å². The van der Waals surface area contributed by atoms with Crippen molar-refractivity contribution in [1.29, 1.82) is 5.41 Å². The Hall–Kier alpha value is -1.75. The van der Waals surface area contributed by atoms with Crippen LogP contribution < -0.4 is 15.2 Å². The largest absolute Gasteiger partial charge is 0.493 e. The number of nitrogens with one attached hydrogen (secondary N) is 1. The zero-order valence-corrected chi connectivity index (χ0v) is 8.49. The average molecular weight is 210 g/mol. The third-order valence-electron chi connectivity index (χ3n) is 1.82. The van der Waals surface area contributed by atoms with Crippen LogP contribution in [0.5, 0.6) is 11.5 Å². The molecular weight excluding hydrogens is 196 g/mol. The van der Waals surface area contributed by atoms with E-state index in [-0.39, 0.29) is 19.0 Å². The molecule has 0 aliphatic carbocycles. The molecule has 5 heteroatoms. The molecule has 0 unspecified atom stereocenters. The number of hydrogen-bond acceptors (Lipinski definition) is 4. The first-order valence-electron chi connectivity index (χ1n) is 4.45. The Morgan fingerprint density at radius 2 is 2.20 bits per heavy atom. The van der Waals surface area contributed by atoms with Crippen molar-refractivity contribution in [1.82, 2.24) is 0 Å². The standard InChI is InChI=1S/C10H14N2O3/c1-14-8-3-2-7(10(11)12)6-9(8)15-5-4-13/h2-3,6,13H,4-5H2,1H3,(H3,11,12). The van der Waals surface area contributed by atoms with E-state index >= 15 is 0 Å². The van der Waals surface area contributed by atoms with Crippen molar-refractivity contribution in [3.8, 4) is 11.5 Å². The van der Waals surface area contributed by atoms with Gasteiger partial charge in [0.05, 0.1) is 13.7 Å². The van der Waals surface area contributed by atoms with Crippen LogP contribution in [0.15, 0.2) is 18.2 Å². The minimum Gasteiger partial charge on any atom is -0.493 e. The van der Waals surface area contributed by atoms with E-state index in [1.165, 1.54) is 7.11 Å². The van der Waals surface area contributed by atoms with E-state index in [0.29, 0.717) is 17.1 Å². The van der Waals surface area contributed by atoms with Crippen molar-refractivity contribution < 1.29 is 14.6 Å². The summed E-state index contributed by atoms with van der Waals surface area (Å²) >= 11 is 0. The first kappa shape index (κ1) is 11.3. The van der Waals surface area contributed by atoms with Crippen LogP contribution in [0.1, 0.15) is 5.56 Å². The Balaban J connectivity index is 2.96. The molecule has 4 N–H and O–H groups in total. The number of hydrogen-bond donors (Lipinski definition) is 3. The fourth-order valence-corrected chi connectivity index (χ4v) is 1.11. The van der Waals surface area contributed by atoms with E-state index in [4.69, 9.17) is 25.7 Å². The Bertz CT molecular complexity index is 353. The summed E-state index contributed by atoms with van der Waals surface area (Å²) in [5, 5.41) is 15.9. The van der Waals surface area contributed by atoms with Crippen molar-refractivity contribution in [2.45, 2.75) is 0 Å². The van der Waals surface area contributed by atoms with Crippen molar-refractivity contribution >= 4 is 5.84 Å². The number of benzene rings is 1. The molecule has 1 aromatic carbocycles. The molecule has 0 aliphatic rings. The van der Waals surface area contributed by atoms with Gasteiger partial charge in [-0.05, 0) is 18.2 Å². The van der Waals surface area contributed by atoms with Crippen LogP contribution in [0.25, 0.3) is 0 Å². The van der Waals surface area contributed by atoms with Crippen LogP contribution in [0, 0.1) is 5.41 Å². The number of aliphatic hydroxyl groups is 1. The Labute approximate surface area is 87.9 Å². The molecule has 0 saturated carbocycles. The zero-order chi connectivity index (χ0) is 11.3. The molecule has 0 aromatic heterocycles. The average Bonchev–Trinajstić information content (AvgIpc) is 2.25. The van der Waals surface area contributed by atoms with E-state index in [0.717, 1.165) is 0 Å². The predicted molar refractivity (Wildman–Crippen MR) is 56.6 cm³/mol. The molecule has 1 aromatic rings. The fourth-order valence-electron chi connectivity index (χ4n) is 1.11. The fraction of sp³-hybridized carbons (Fsp3) is 0.300. The van der Waals surface area contributed by atoms with Crippen molar-refractivity contribution in [2.24, 2.45) is 5.73 Å². The van der Waals surface area contributed by atoms with Crippen LogP contribution in [-0.4, -0.2) is 31.3 Å². The van der Waals surface area contributed by atoms with Crippen molar-refractivity contribution in [3.63, 3.8) is 0 Å². The quantitative estimate of drug-likeness (QED) is 0.483. The molecule has 0 saturated heterocycles.